The summed E-state index contributed by atoms with van der Waals surface area (Å²) in [7, 11) is 0. The monoisotopic (exact) mass is 273 g/mol. The highest BCUT2D eigenvalue weighted by atomic mass is 79.9. The molecule has 0 bridgehead atoms. The number of aryl methyl sites for hydroxylation is 2. The van der Waals surface area contributed by atoms with Crippen LogP contribution in [-0.4, -0.2) is 4.98 Å². The standard InChI is InChI=1S/C14H12BrN/c1-8-7-9(2)14-12(13(8)15)10-5-3-4-6-11(10)16-14/h3-7,16H,1-2H3. The number of aromatic amines is 1. The van der Waals surface area contributed by atoms with Crippen LogP contribution in [0.2, 0.25) is 0 Å². The van der Waals surface area contributed by atoms with Crippen LogP contribution < -0.4 is 0 Å². The molecule has 0 saturated heterocycles. The largest absolute Gasteiger partial charge is 0.354 e. The second-order valence-corrected chi connectivity index (χ2v) is 5.04. The van der Waals surface area contributed by atoms with Gasteiger partial charge in [0.05, 0.1) is 5.52 Å². The number of fused-ring (bicyclic) bond motifs is 3. The maximum atomic E-state index is 3.70. The molecule has 16 heavy (non-hydrogen) atoms. The van der Waals surface area contributed by atoms with E-state index >= 15 is 0 Å². The van der Waals surface area contributed by atoms with Crippen LogP contribution in [0.3, 0.4) is 0 Å². The van der Waals surface area contributed by atoms with E-state index < -0.39 is 0 Å². The number of hydrogen-bond acceptors (Lipinski definition) is 0. The van der Waals surface area contributed by atoms with Crippen LogP contribution in [0, 0.1) is 13.8 Å². The fraction of sp³-hybridized carbons (Fsp3) is 0.143. The lowest BCUT2D eigenvalue weighted by atomic mass is 10.1. The van der Waals surface area contributed by atoms with Crippen molar-refractivity contribution in [2.45, 2.75) is 13.8 Å². The van der Waals surface area contributed by atoms with Gasteiger partial charge in [-0.05, 0) is 47.0 Å². The van der Waals surface area contributed by atoms with Gasteiger partial charge in [0.1, 0.15) is 0 Å². The summed E-state index contributed by atoms with van der Waals surface area (Å²) in [5, 5.41) is 2.59. The molecule has 0 amide bonds. The molecule has 0 aliphatic rings. The summed E-state index contributed by atoms with van der Waals surface area (Å²) >= 11 is 3.70. The van der Waals surface area contributed by atoms with Crippen molar-refractivity contribution >= 4 is 37.7 Å². The summed E-state index contributed by atoms with van der Waals surface area (Å²) < 4.78 is 1.20. The number of H-pyrrole nitrogens is 1. The summed E-state index contributed by atoms with van der Waals surface area (Å²) in [6, 6.07) is 10.6. The van der Waals surface area contributed by atoms with Crippen molar-refractivity contribution in [3.63, 3.8) is 0 Å². The van der Waals surface area contributed by atoms with Gasteiger partial charge in [0.15, 0.2) is 0 Å². The maximum absolute atomic E-state index is 3.70. The van der Waals surface area contributed by atoms with Crippen LogP contribution in [0.5, 0.6) is 0 Å². The Morgan fingerprint density at radius 1 is 1.06 bits per heavy atom. The van der Waals surface area contributed by atoms with Gasteiger partial charge in [-0.1, -0.05) is 24.3 Å². The van der Waals surface area contributed by atoms with E-state index in [0.29, 0.717) is 0 Å². The summed E-state index contributed by atoms with van der Waals surface area (Å²) in [4.78, 5) is 3.48. The second-order valence-electron chi connectivity index (χ2n) is 4.24. The quantitative estimate of drug-likeness (QED) is 0.611. The lowest BCUT2D eigenvalue weighted by molar-refractivity contribution is 1.38. The van der Waals surface area contributed by atoms with Gasteiger partial charge in [0.2, 0.25) is 0 Å². The highest BCUT2D eigenvalue weighted by molar-refractivity contribution is 9.10. The lowest BCUT2D eigenvalue weighted by Gasteiger charge is -2.03. The van der Waals surface area contributed by atoms with E-state index in [1.807, 2.05) is 0 Å². The van der Waals surface area contributed by atoms with Gasteiger partial charge in [-0.3, -0.25) is 0 Å². The highest BCUT2D eigenvalue weighted by Crippen LogP contribution is 2.35. The molecule has 0 saturated carbocycles. The molecule has 2 aromatic carbocycles. The average Bonchev–Trinajstić information content (AvgIpc) is 2.66. The third-order valence-electron chi connectivity index (χ3n) is 3.10. The molecule has 1 nitrogen and oxygen atoms in total. The van der Waals surface area contributed by atoms with Crippen LogP contribution in [0.15, 0.2) is 34.8 Å². The Bertz CT molecular complexity index is 695. The molecule has 2 heteroatoms. The first-order chi connectivity index (χ1) is 7.68. The van der Waals surface area contributed by atoms with E-state index in [1.54, 1.807) is 0 Å². The molecule has 0 aliphatic heterocycles. The van der Waals surface area contributed by atoms with Crippen LogP contribution >= 0.6 is 15.9 Å². The fourth-order valence-electron chi connectivity index (χ4n) is 2.32. The van der Waals surface area contributed by atoms with Crippen molar-refractivity contribution in [3.8, 4) is 0 Å². The lowest BCUT2D eigenvalue weighted by Crippen LogP contribution is -1.82. The molecule has 0 radical (unpaired) electrons. The number of halogens is 1. The molecule has 80 valence electrons. The molecular formula is C14H12BrN. The zero-order valence-electron chi connectivity index (χ0n) is 9.26. The topological polar surface area (TPSA) is 15.8 Å². The van der Waals surface area contributed by atoms with E-state index in [4.69, 9.17) is 0 Å². The molecule has 1 aromatic heterocycles. The number of aromatic nitrogens is 1. The van der Waals surface area contributed by atoms with Crippen molar-refractivity contribution < 1.29 is 0 Å². The first kappa shape index (κ1) is 9.91. The summed E-state index contributed by atoms with van der Waals surface area (Å²) in [5.41, 5.74) is 5.02. The number of rotatable bonds is 0. The minimum Gasteiger partial charge on any atom is -0.354 e. The Morgan fingerprint density at radius 2 is 1.81 bits per heavy atom. The summed E-state index contributed by atoms with van der Waals surface area (Å²) in [5.74, 6) is 0. The molecule has 0 fully saturated rings. The van der Waals surface area contributed by atoms with Crippen molar-refractivity contribution in [2.24, 2.45) is 0 Å². The molecule has 0 aliphatic carbocycles. The predicted octanol–water partition coefficient (Wildman–Crippen LogP) is 4.70. The van der Waals surface area contributed by atoms with E-state index in [1.165, 1.54) is 37.4 Å². The SMILES string of the molecule is Cc1cc(C)c2[nH]c3ccccc3c2c1Br. The Labute approximate surface area is 103 Å². The second kappa shape index (κ2) is 3.36. The van der Waals surface area contributed by atoms with Crippen LogP contribution in [0.4, 0.5) is 0 Å². The van der Waals surface area contributed by atoms with E-state index in [0.717, 1.165) is 0 Å². The zero-order chi connectivity index (χ0) is 11.3. The zero-order valence-corrected chi connectivity index (χ0v) is 10.9. The Hall–Kier alpha value is -1.28. The molecule has 1 heterocycles. The highest BCUT2D eigenvalue weighted by Gasteiger charge is 2.10. The van der Waals surface area contributed by atoms with Gasteiger partial charge in [-0.15, -0.1) is 0 Å². The van der Waals surface area contributed by atoms with Gasteiger partial charge in [-0.25, -0.2) is 0 Å². The molecule has 0 atom stereocenters. The van der Waals surface area contributed by atoms with Crippen molar-refractivity contribution in [2.75, 3.05) is 0 Å². The summed E-state index contributed by atoms with van der Waals surface area (Å²) in [6.45, 7) is 4.29. The molecule has 3 aromatic rings. The van der Waals surface area contributed by atoms with Crippen LogP contribution in [-0.2, 0) is 0 Å². The first-order valence-electron chi connectivity index (χ1n) is 5.34. The minimum absolute atomic E-state index is 1.20. The first-order valence-corrected chi connectivity index (χ1v) is 6.14. The van der Waals surface area contributed by atoms with Gasteiger partial charge in [0.25, 0.3) is 0 Å². The Balaban J connectivity index is 2.66. The average molecular weight is 274 g/mol. The molecule has 3 rings (SSSR count). The van der Waals surface area contributed by atoms with Gasteiger partial charge in [-0.2, -0.15) is 0 Å². The summed E-state index contributed by atoms with van der Waals surface area (Å²) in [6.07, 6.45) is 0. The Kier molecular flexibility index (Phi) is 2.08. The molecule has 1 N–H and O–H groups in total. The van der Waals surface area contributed by atoms with E-state index in [-0.39, 0.29) is 0 Å². The van der Waals surface area contributed by atoms with Gasteiger partial charge < -0.3 is 4.98 Å². The van der Waals surface area contributed by atoms with Gasteiger partial charge >= 0.3 is 0 Å². The normalized spacial score (nSPS) is 11.4. The third kappa shape index (κ3) is 1.23. The number of hydrogen-bond donors (Lipinski definition) is 1. The van der Waals surface area contributed by atoms with Crippen molar-refractivity contribution in [3.05, 3.63) is 45.9 Å². The number of nitrogens with one attached hydrogen (secondary N) is 1. The maximum Gasteiger partial charge on any atom is 0.0506 e. The van der Waals surface area contributed by atoms with E-state index in [9.17, 15) is 0 Å². The fourth-order valence-corrected chi connectivity index (χ4v) is 2.85. The van der Waals surface area contributed by atoms with Crippen LogP contribution in [0.1, 0.15) is 11.1 Å². The predicted molar refractivity (Wildman–Crippen MR) is 73.0 cm³/mol. The minimum atomic E-state index is 1.20. The van der Waals surface area contributed by atoms with E-state index in [2.05, 4.69) is 65.1 Å². The molecule has 0 unspecified atom stereocenters. The molecule has 0 spiro atoms. The van der Waals surface area contributed by atoms with Crippen molar-refractivity contribution in [1.82, 2.24) is 4.98 Å². The van der Waals surface area contributed by atoms with Crippen LogP contribution in [0.25, 0.3) is 21.8 Å². The Morgan fingerprint density at radius 3 is 2.62 bits per heavy atom. The third-order valence-corrected chi connectivity index (χ3v) is 4.12. The van der Waals surface area contributed by atoms with Crippen molar-refractivity contribution in [1.29, 1.82) is 0 Å². The smallest absolute Gasteiger partial charge is 0.0506 e. The van der Waals surface area contributed by atoms with Gasteiger partial charge in [0, 0.05) is 20.8 Å². The number of para-hydroxylation sites is 1. The number of benzene rings is 2. The molecular weight excluding hydrogens is 262 g/mol.